The third-order valence-electron chi connectivity index (χ3n) is 5.35. The summed E-state index contributed by atoms with van der Waals surface area (Å²) in [5.41, 5.74) is 1.46. The van der Waals surface area contributed by atoms with Gasteiger partial charge in [0.25, 0.3) is 0 Å². The van der Waals surface area contributed by atoms with Gasteiger partial charge in [0, 0.05) is 26.1 Å². The second-order valence-corrected chi connectivity index (χ2v) is 8.46. The Morgan fingerprint density at radius 3 is 2.55 bits per heavy atom. The molecule has 0 saturated carbocycles. The van der Waals surface area contributed by atoms with Crippen molar-refractivity contribution in [3.63, 3.8) is 0 Å². The molecule has 1 atom stereocenters. The van der Waals surface area contributed by atoms with Crippen molar-refractivity contribution in [1.29, 1.82) is 0 Å². The van der Waals surface area contributed by atoms with E-state index in [2.05, 4.69) is 30.4 Å². The fourth-order valence-electron chi connectivity index (χ4n) is 3.80. The van der Waals surface area contributed by atoms with Crippen molar-refractivity contribution in [2.24, 2.45) is 0 Å². The molecule has 1 aliphatic heterocycles. The van der Waals surface area contributed by atoms with E-state index in [9.17, 15) is 4.79 Å². The summed E-state index contributed by atoms with van der Waals surface area (Å²) < 4.78 is 1.18. The van der Waals surface area contributed by atoms with E-state index in [1.807, 2.05) is 41.3 Å². The fourth-order valence-corrected chi connectivity index (χ4v) is 4.93. The van der Waals surface area contributed by atoms with Gasteiger partial charge in [0.1, 0.15) is 0 Å². The summed E-state index contributed by atoms with van der Waals surface area (Å²) in [6, 6.07) is 18.4. The number of thiazole rings is 1. The van der Waals surface area contributed by atoms with Crippen LogP contribution in [0.1, 0.15) is 23.9 Å². The molecule has 1 unspecified atom stereocenters. The summed E-state index contributed by atoms with van der Waals surface area (Å²) in [6.07, 6.45) is 1.62. The monoisotopic (exact) mass is 451 g/mol. The number of rotatable bonds is 4. The molecule has 2 aromatic carbocycles. The molecule has 3 aromatic rings. The van der Waals surface area contributed by atoms with E-state index in [-0.39, 0.29) is 30.7 Å². The summed E-state index contributed by atoms with van der Waals surface area (Å²) in [7, 11) is 0. The number of hydrogen-bond donors (Lipinski definition) is 1. The molecule has 1 fully saturated rings. The first-order valence-corrected chi connectivity index (χ1v) is 10.4. The Morgan fingerprint density at radius 1 is 1.07 bits per heavy atom. The lowest BCUT2D eigenvalue weighted by molar-refractivity contribution is -0.136. The van der Waals surface area contributed by atoms with Crippen LogP contribution in [0.3, 0.4) is 0 Å². The van der Waals surface area contributed by atoms with E-state index in [0.717, 1.165) is 48.7 Å². The van der Waals surface area contributed by atoms with Gasteiger partial charge in [-0.1, -0.05) is 42.5 Å². The van der Waals surface area contributed by atoms with Gasteiger partial charge in [-0.25, -0.2) is 4.98 Å². The first-order valence-electron chi connectivity index (χ1n) is 9.57. The highest BCUT2D eigenvalue weighted by Gasteiger charge is 2.39. The van der Waals surface area contributed by atoms with Crippen LogP contribution in [0.15, 0.2) is 54.6 Å². The number of fused-ring (bicyclic) bond motifs is 1. The Bertz CT molecular complexity index is 893. The van der Waals surface area contributed by atoms with Crippen molar-refractivity contribution in [3.05, 3.63) is 65.2 Å². The standard InChI is InChI=1S/C22H25N3OS.2ClH/c1-22(17-8-3-2-4-9-17,21(26)25-14-7-12-23-13-15-25)16-20-24-18-10-5-6-11-19(18)27-20;;/h2-6,8-11,23H,7,12-16H2,1H3;2*1H. The Kier molecular flexibility index (Phi) is 8.46. The van der Waals surface area contributed by atoms with Crippen molar-refractivity contribution in [3.8, 4) is 0 Å². The number of hydrogen-bond acceptors (Lipinski definition) is 4. The minimum atomic E-state index is -0.612. The molecule has 4 nitrogen and oxygen atoms in total. The summed E-state index contributed by atoms with van der Waals surface area (Å²) in [4.78, 5) is 20.5. The number of para-hydroxylation sites is 1. The molecule has 1 aliphatic rings. The molecule has 29 heavy (non-hydrogen) atoms. The van der Waals surface area contributed by atoms with Crippen molar-refractivity contribution in [2.45, 2.75) is 25.2 Å². The lowest BCUT2D eigenvalue weighted by atomic mass is 9.78. The van der Waals surface area contributed by atoms with Gasteiger partial charge in [-0.05, 0) is 37.6 Å². The van der Waals surface area contributed by atoms with Crippen LogP contribution >= 0.6 is 36.2 Å². The maximum absolute atomic E-state index is 13.7. The summed E-state index contributed by atoms with van der Waals surface area (Å²) in [5, 5.41) is 4.40. The lowest BCUT2D eigenvalue weighted by Crippen LogP contribution is -2.47. The van der Waals surface area contributed by atoms with Gasteiger partial charge in [0.05, 0.1) is 20.6 Å². The maximum atomic E-state index is 13.7. The number of nitrogens with zero attached hydrogens (tertiary/aromatic N) is 2. The van der Waals surface area contributed by atoms with Crippen molar-refractivity contribution in [2.75, 3.05) is 26.2 Å². The molecule has 0 bridgehead atoms. The van der Waals surface area contributed by atoms with E-state index in [4.69, 9.17) is 4.98 Å². The molecule has 0 aliphatic carbocycles. The summed E-state index contributed by atoms with van der Waals surface area (Å²) >= 11 is 1.69. The van der Waals surface area contributed by atoms with E-state index < -0.39 is 5.41 Å². The Labute approximate surface area is 188 Å². The highest BCUT2D eigenvalue weighted by molar-refractivity contribution is 7.18. The van der Waals surface area contributed by atoms with Gasteiger partial charge in [0.15, 0.2) is 0 Å². The SMILES string of the molecule is CC(Cc1nc2ccccc2s1)(C(=O)N1CCCNCC1)c1ccccc1.Cl.Cl. The first-order chi connectivity index (χ1) is 13.2. The van der Waals surface area contributed by atoms with Gasteiger partial charge in [-0.15, -0.1) is 36.2 Å². The van der Waals surface area contributed by atoms with Crippen molar-refractivity contribution < 1.29 is 4.79 Å². The van der Waals surface area contributed by atoms with E-state index in [1.165, 1.54) is 4.70 Å². The molecule has 1 aromatic heterocycles. The normalized spacial score (nSPS) is 16.2. The van der Waals surface area contributed by atoms with Crippen LogP contribution in [0, 0.1) is 0 Å². The van der Waals surface area contributed by atoms with Gasteiger partial charge in [0.2, 0.25) is 5.91 Å². The molecule has 1 amide bonds. The minimum Gasteiger partial charge on any atom is -0.341 e. The van der Waals surface area contributed by atoms with Crippen LogP contribution in [0.25, 0.3) is 10.2 Å². The third kappa shape index (κ3) is 5.10. The van der Waals surface area contributed by atoms with Gasteiger partial charge in [-0.2, -0.15) is 0 Å². The minimum absolute atomic E-state index is 0. The number of halogens is 2. The van der Waals surface area contributed by atoms with E-state index in [0.29, 0.717) is 6.42 Å². The maximum Gasteiger partial charge on any atom is 0.233 e. The number of carbonyl (C=O) groups is 1. The lowest BCUT2D eigenvalue weighted by Gasteiger charge is -2.34. The molecule has 2 heterocycles. The van der Waals surface area contributed by atoms with E-state index >= 15 is 0 Å². The van der Waals surface area contributed by atoms with Crippen molar-refractivity contribution >= 4 is 52.3 Å². The first kappa shape index (κ1) is 23.6. The zero-order valence-corrected chi connectivity index (χ0v) is 18.9. The molecule has 0 spiro atoms. The molecule has 1 saturated heterocycles. The number of benzene rings is 2. The Morgan fingerprint density at radius 2 is 1.79 bits per heavy atom. The van der Waals surface area contributed by atoms with Gasteiger partial charge in [-0.3, -0.25) is 4.79 Å². The molecule has 156 valence electrons. The highest BCUT2D eigenvalue weighted by atomic mass is 35.5. The zero-order valence-electron chi connectivity index (χ0n) is 16.5. The quantitative estimate of drug-likeness (QED) is 0.636. The molecule has 4 rings (SSSR count). The highest BCUT2D eigenvalue weighted by Crippen LogP contribution is 2.33. The smallest absolute Gasteiger partial charge is 0.233 e. The van der Waals surface area contributed by atoms with E-state index in [1.54, 1.807) is 11.3 Å². The molecule has 7 heteroatoms. The predicted octanol–water partition coefficient (Wildman–Crippen LogP) is 4.46. The topological polar surface area (TPSA) is 45.2 Å². The van der Waals surface area contributed by atoms with Crippen LogP contribution in [-0.4, -0.2) is 42.0 Å². The van der Waals surface area contributed by atoms with Crippen LogP contribution in [0.5, 0.6) is 0 Å². The number of carbonyl (C=O) groups excluding carboxylic acids is 1. The molecular formula is C22H27Cl2N3OS. The predicted molar refractivity (Wildman–Crippen MR) is 126 cm³/mol. The average molecular weight is 452 g/mol. The van der Waals surface area contributed by atoms with Gasteiger partial charge < -0.3 is 10.2 Å². The second-order valence-electron chi connectivity index (χ2n) is 7.35. The molecule has 1 N–H and O–H groups in total. The molecular weight excluding hydrogens is 425 g/mol. The zero-order chi connectivity index (χ0) is 18.7. The second kappa shape index (κ2) is 10.4. The summed E-state index contributed by atoms with van der Waals surface area (Å²) in [5.74, 6) is 0.205. The number of amides is 1. The molecule has 0 radical (unpaired) electrons. The average Bonchev–Trinajstić information content (AvgIpc) is 2.91. The Balaban J connectivity index is 0.00000150. The van der Waals surface area contributed by atoms with Crippen LogP contribution < -0.4 is 5.32 Å². The third-order valence-corrected chi connectivity index (χ3v) is 6.39. The van der Waals surface area contributed by atoms with Crippen LogP contribution in [0.4, 0.5) is 0 Å². The van der Waals surface area contributed by atoms with Crippen LogP contribution in [-0.2, 0) is 16.6 Å². The number of nitrogens with one attached hydrogen (secondary N) is 1. The largest absolute Gasteiger partial charge is 0.341 e. The van der Waals surface area contributed by atoms with Crippen molar-refractivity contribution in [1.82, 2.24) is 15.2 Å². The summed E-state index contributed by atoms with van der Waals surface area (Å²) in [6.45, 7) is 5.49. The Hall–Kier alpha value is -1.66. The van der Waals surface area contributed by atoms with Gasteiger partial charge >= 0.3 is 0 Å². The van der Waals surface area contributed by atoms with Crippen LogP contribution in [0.2, 0.25) is 0 Å². The number of aromatic nitrogens is 1. The fraction of sp³-hybridized carbons (Fsp3) is 0.364.